The molecule has 0 atom stereocenters. The number of halogens is 3. The predicted molar refractivity (Wildman–Crippen MR) is 107 cm³/mol. The average Bonchev–Trinajstić information content (AvgIpc) is 2.69. The van der Waals surface area contributed by atoms with E-state index in [-0.39, 0.29) is 23.4 Å². The van der Waals surface area contributed by atoms with Crippen LogP contribution in [0.5, 0.6) is 5.75 Å². The van der Waals surface area contributed by atoms with Crippen molar-refractivity contribution in [3.8, 4) is 5.75 Å². The number of anilines is 1. The summed E-state index contributed by atoms with van der Waals surface area (Å²) in [5, 5.41) is 2.75. The number of carbonyl (C=O) groups excluding carboxylic acids is 1. The maximum atomic E-state index is 13.5. The first-order valence-corrected chi connectivity index (χ1v) is 9.97. The van der Waals surface area contributed by atoms with Gasteiger partial charge in [-0.2, -0.15) is 13.2 Å². The van der Waals surface area contributed by atoms with E-state index in [0.717, 1.165) is 30.9 Å². The summed E-state index contributed by atoms with van der Waals surface area (Å²) in [5.41, 5.74) is -0.570. The second kappa shape index (κ2) is 8.47. The molecule has 0 spiro atoms. The van der Waals surface area contributed by atoms with Gasteiger partial charge in [-0.05, 0) is 50.5 Å². The van der Waals surface area contributed by atoms with Gasteiger partial charge in [0.2, 0.25) is 5.91 Å². The van der Waals surface area contributed by atoms with Crippen molar-refractivity contribution in [2.45, 2.75) is 63.6 Å². The maximum absolute atomic E-state index is 13.5. The lowest BCUT2D eigenvalue weighted by Gasteiger charge is -2.36. The van der Waals surface area contributed by atoms with Crippen molar-refractivity contribution in [1.82, 2.24) is 0 Å². The third kappa shape index (κ3) is 4.74. The molecule has 3 nitrogen and oxygen atoms in total. The number of alkyl halides is 3. The van der Waals surface area contributed by atoms with Crippen molar-refractivity contribution >= 4 is 11.6 Å². The molecule has 0 aliphatic heterocycles. The molecule has 29 heavy (non-hydrogen) atoms. The molecule has 1 N–H and O–H groups in total. The summed E-state index contributed by atoms with van der Waals surface area (Å²) in [6, 6.07) is 13.2. The number of carbonyl (C=O) groups is 1. The Morgan fingerprint density at radius 3 is 2.28 bits per heavy atom. The molecule has 0 heterocycles. The Bertz CT molecular complexity index is 841. The Balaban J connectivity index is 1.92. The van der Waals surface area contributed by atoms with Gasteiger partial charge in [-0.25, -0.2) is 0 Å². The van der Waals surface area contributed by atoms with E-state index < -0.39 is 17.2 Å². The van der Waals surface area contributed by atoms with E-state index >= 15 is 0 Å². The van der Waals surface area contributed by atoms with E-state index in [1.807, 2.05) is 30.3 Å². The molecule has 2 aromatic rings. The smallest absolute Gasteiger partial charge is 0.420 e. The van der Waals surface area contributed by atoms with Gasteiger partial charge in [0.1, 0.15) is 5.75 Å². The van der Waals surface area contributed by atoms with E-state index in [4.69, 9.17) is 4.74 Å². The number of ether oxygens (including phenoxy) is 1. The molecule has 1 aliphatic carbocycles. The highest BCUT2D eigenvalue weighted by Crippen LogP contribution is 2.42. The number of benzene rings is 2. The van der Waals surface area contributed by atoms with Crippen LogP contribution in [0, 0.1) is 0 Å². The lowest BCUT2D eigenvalue weighted by molar-refractivity contribution is -0.139. The summed E-state index contributed by atoms with van der Waals surface area (Å²) >= 11 is 0. The second-order valence-corrected chi connectivity index (χ2v) is 7.84. The highest BCUT2D eigenvalue weighted by Gasteiger charge is 2.41. The van der Waals surface area contributed by atoms with Gasteiger partial charge in [0.15, 0.2) is 0 Å². The molecule has 1 amide bonds. The monoisotopic (exact) mass is 405 g/mol. The number of rotatable bonds is 5. The molecular weight excluding hydrogens is 379 g/mol. The Hall–Kier alpha value is -2.50. The van der Waals surface area contributed by atoms with E-state index in [0.29, 0.717) is 12.8 Å². The van der Waals surface area contributed by atoms with Crippen LogP contribution in [0.1, 0.15) is 57.1 Å². The standard InChI is InChI=1S/C23H26F3NO2/c1-16(2)29-20-12-11-18(15-19(20)23(24,25)26)27-21(28)22(13-7-4-8-14-22)17-9-5-3-6-10-17/h3,5-6,9-12,15-16H,4,7-8,13-14H2,1-2H3,(H,27,28). The first-order chi connectivity index (χ1) is 13.7. The number of hydrogen-bond acceptors (Lipinski definition) is 2. The fraction of sp³-hybridized carbons (Fsp3) is 0.435. The Morgan fingerprint density at radius 2 is 1.69 bits per heavy atom. The molecular formula is C23H26F3NO2. The molecule has 156 valence electrons. The summed E-state index contributed by atoms with van der Waals surface area (Å²) in [6.45, 7) is 3.34. The van der Waals surface area contributed by atoms with E-state index in [1.165, 1.54) is 12.1 Å². The average molecular weight is 405 g/mol. The fourth-order valence-corrected chi connectivity index (χ4v) is 4.00. The van der Waals surface area contributed by atoms with Crippen molar-refractivity contribution in [2.75, 3.05) is 5.32 Å². The van der Waals surface area contributed by atoms with Crippen LogP contribution in [0.25, 0.3) is 0 Å². The van der Waals surface area contributed by atoms with Crippen molar-refractivity contribution < 1.29 is 22.7 Å². The van der Waals surface area contributed by atoms with Gasteiger partial charge in [-0.3, -0.25) is 4.79 Å². The van der Waals surface area contributed by atoms with Crippen LogP contribution >= 0.6 is 0 Å². The van der Waals surface area contributed by atoms with Crippen LogP contribution in [0.4, 0.5) is 18.9 Å². The number of amides is 1. The molecule has 0 unspecified atom stereocenters. The molecule has 1 fully saturated rings. The summed E-state index contributed by atoms with van der Waals surface area (Å²) in [6.07, 6.45) is -0.712. The number of nitrogens with one attached hydrogen (secondary N) is 1. The minimum absolute atomic E-state index is 0.124. The van der Waals surface area contributed by atoms with E-state index in [9.17, 15) is 18.0 Å². The molecule has 6 heteroatoms. The van der Waals surface area contributed by atoms with Crippen LogP contribution in [0.3, 0.4) is 0 Å². The molecule has 3 rings (SSSR count). The first-order valence-electron chi connectivity index (χ1n) is 9.97. The minimum atomic E-state index is -4.58. The zero-order chi connectivity index (χ0) is 21.1. The molecule has 2 aromatic carbocycles. The molecule has 1 saturated carbocycles. The summed E-state index contributed by atoms with van der Waals surface area (Å²) < 4.78 is 45.9. The quantitative estimate of drug-likeness (QED) is 0.631. The molecule has 0 bridgehead atoms. The fourth-order valence-electron chi connectivity index (χ4n) is 4.00. The second-order valence-electron chi connectivity index (χ2n) is 7.84. The zero-order valence-electron chi connectivity index (χ0n) is 16.7. The molecule has 0 saturated heterocycles. The highest BCUT2D eigenvalue weighted by molar-refractivity contribution is 5.99. The van der Waals surface area contributed by atoms with E-state index in [2.05, 4.69) is 5.32 Å². The lowest BCUT2D eigenvalue weighted by Crippen LogP contribution is -2.42. The van der Waals surface area contributed by atoms with Crippen molar-refractivity contribution in [3.05, 3.63) is 59.7 Å². The minimum Gasteiger partial charge on any atom is -0.490 e. The van der Waals surface area contributed by atoms with Gasteiger partial charge < -0.3 is 10.1 Å². The van der Waals surface area contributed by atoms with Gasteiger partial charge >= 0.3 is 6.18 Å². The lowest BCUT2D eigenvalue weighted by atomic mass is 9.68. The van der Waals surface area contributed by atoms with Crippen molar-refractivity contribution in [1.29, 1.82) is 0 Å². The van der Waals surface area contributed by atoms with Crippen LogP contribution < -0.4 is 10.1 Å². The van der Waals surface area contributed by atoms with Crippen molar-refractivity contribution in [3.63, 3.8) is 0 Å². The SMILES string of the molecule is CC(C)Oc1ccc(NC(=O)C2(c3ccccc3)CCCCC2)cc1C(F)(F)F. The van der Waals surface area contributed by atoms with Crippen LogP contribution in [-0.4, -0.2) is 12.0 Å². The van der Waals surface area contributed by atoms with Gasteiger partial charge in [-0.1, -0.05) is 49.6 Å². The van der Waals surface area contributed by atoms with Crippen LogP contribution in [-0.2, 0) is 16.4 Å². The molecule has 0 radical (unpaired) electrons. The first kappa shape index (κ1) is 21.2. The third-order valence-corrected chi connectivity index (χ3v) is 5.37. The summed E-state index contributed by atoms with van der Waals surface area (Å²) in [5.74, 6) is -0.491. The van der Waals surface area contributed by atoms with Crippen LogP contribution in [0.2, 0.25) is 0 Å². The van der Waals surface area contributed by atoms with Gasteiger partial charge in [0.25, 0.3) is 0 Å². The Morgan fingerprint density at radius 1 is 1.03 bits per heavy atom. The molecule has 1 aliphatic rings. The topological polar surface area (TPSA) is 38.3 Å². The molecule has 0 aromatic heterocycles. The Labute approximate surface area is 169 Å². The van der Waals surface area contributed by atoms with Crippen LogP contribution in [0.15, 0.2) is 48.5 Å². The van der Waals surface area contributed by atoms with Crippen molar-refractivity contribution in [2.24, 2.45) is 0 Å². The normalized spacial score (nSPS) is 16.5. The van der Waals surface area contributed by atoms with Gasteiger partial charge in [0.05, 0.1) is 17.1 Å². The summed E-state index contributed by atoms with van der Waals surface area (Å²) in [4.78, 5) is 13.3. The third-order valence-electron chi connectivity index (χ3n) is 5.37. The van der Waals surface area contributed by atoms with Gasteiger partial charge in [-0.15, -0.1) is 0 Å². The largest absolute Gasteiger partial charge is 0.490 e. The summed E-state index contributed by atoms with van der Waals surface area (Å²) in [7, 11) is 0. The van der Waals surface area contributed by atoms with Gasteiger partial charge in [0, 0.05) is 5.69 Å². The number of hydrogen-bond donors (Lipinski definition) is 1. The van der Waals surface area contributed by atoms with E-state index in [1.54, 1.807) is 13.8 Å². The highest BCUT2D eigenvalue weighted by atomic mass is 19.4. The zero-order valence-corrected chi connectivity index (χ0v) is 16.7. The predicted octanol–water partition coefficient (Wildman–Crippen LogP) is 6.33. The Kier molecular flexibility index (Phi) is 6.20. The maximum Gasteiger partial charge on any atom is 0.420 e.